The van der Waals surface area contributed by atoms with Gasteiger partial charge in [0, 0.05) is 11.6 Å². The third kappa shape index (κ3) is 1.69. The highest BCUT2D eigenvalue weighted by molar-refractivity contribution is 5.45. The van der Waals surface area contributed by atoms with Crippen LogP contribution >= 0.6 is 0 Å². The van der Waals surface area contributed by atoms with E-state index in [2.05, 4.69) is 5.32 Å². The van der Waals surface area contributed by atoms with Crippen LogP contribution in [0.4, 0.5) is 4.39 Å². The van der Waals surface area contributed by atoms with Crippen LogP contribution in [0.1, 0.15) is 36.4 Å². The maximum atomic E-state index is 13.5. The average molecular weight is 221 g/mol. The van der Waals surface area contributed by atoms with Crippen LogP contribution in [-0.4, -0.2) is 13.2 Å². The molecule has 0 amide bonds. The molecule has 0 aromatic heterocycles. The fourth-order valence-electron chi connectivity index (χ4n) is 2.68. The molecule has 16 heavy (non-hydrogen) atoms. The molecule has 1 aromatic carbocycles. The summed E-state index contributed by atoms with van der Waals surface area (Å²) in [6, 6.07) is 3.53. The first-order valence-corrected chi connectivity index (χ1v) is 6.03. The standard InChI is InChI=1S/C13H16FNO/c14-10-7-9-3-2-6-16-13(9)11(8-10)12-4-1-5-15-12/h7-8,12,15H,1-6H2/t12-/m0/s1. The van der Waals surface area contributed by atoms with Gasteiger partial charge in [-0.2, -0.15) is 0 Å². The van der Waals surface area contributed by atoms with Crippen molar-refractivity contribution in [1.82, 2.24) is 5.32 Å². The summed E-state index contributed by atoms with van der Waals surface area (Å²) >= 11 is 0. The Balaban J connectivity index is 2.04. The van der Waals surface area contributed by atoms with Crippen molar-refractivity contribution in [3.05, 3.63) is 29.1 Å². The van der Waals surface area contributed by atoms with Gasteiger partial charge < -0.3 is 10.1 Å². The predicted molar refractivity (Wildman–Crippen MR) is 60.2 cm³/mol. The van der Waals surface area contributed by atoms with Crippen LogP contribution < -0.4 is 10.1 Å². The van der Waals surface area contributed by atoms with E-state index in [1.165, 1.54) is 0 Å². The molecule has 1 atom stereocenters. The zero-order chi connectivity index (χ0) is 11.0. The van der Waals surface area contributed by atoms with Gasteiger partial charge in [-0.1, -0.05) is 0 Å². The van der Waals surface area contributed by atoms with Crippen LogP contribution in [0.25, 0.3) is 0 Å². The van der Waals surface area contributed by atoms with Crippen molar-refractivity contribution in [3.8, 4) is 5.75 Å². The van der Waals surface area contributed by atoms with Gasteiger partial charge in [0.15, 0.2) is 0 Å². The maximum Gasteiger partial charge on any atom is 0.127 e. The van der Waals surface area contributed by atoms with Crippen molar-refractivity contribution < 1.29 is 9.13 Å². The number of rotatable bonds is 1. The van der Waals surface area contributed by atoms with Gasteiger partial charge in [0.25, 0.3) is 0 Å². The van der Waals surface area contributed by atoms with E-state index in [1.54, 1.807) is 12.1 Å². The van der Waals surface area contributed by atoms with Crippen LogP contribution in [-0.2, 0) is 6.42 Å². The van der Waals surface area contributed by atoms with Gasteiger partial charge in [0.2, 0.25) is 0 Å². The number of hydrogen-bond donors (Lipinski definition) is 1. The molecular weight excluding hydrogens is 205 g/mol. The lowest BCUT2D eigenvalue weighted by Gasteiger charge is -2.23. The molecular formula is C13H16FNO. The van der Waals surface area contributed by atoms with Crippen molar-refractivity contribution >= 4 is 0 Å². The fourth-order valence-corrected chi connectivity index (χ4v) is 2.68. The molecule has 1 N–H and O–H groups in total. The summed E-state index contributed by atoms with van der Waals surface area (Å²) in [6.07, 6.45) is 4.18. The Morgan fingerprint density at radius 3 is 3.06 bits per heavy atom. The number of halogens is 1. The van der Waals surface area contributed by atoms with Gasteiger partial charge in [-0.3, -0.25) is 0 Å². The molecule has 1 saturated heterocycles. The fraction of sp³-hybridized carbons (Fsp3) is 0.538. The Labute approximate surface area is 94.8 Å². The molecule has 1 fully saturated rings. The summed E-state index contributed by atoms with van der Waals surface area (Å²) < 4.78 is 19.2. The second-order valence-electron chi connectivity index (χ2n) is 4.58. The topological polar surface area (TPSA) is 21.3 Å². The van der Waals surface area contributed by atoms with E-state index in [-0.39, 0.29) is 11.9 Å². The molecule has 3 heteroatoms. The lowest BCUT2D eigenvalue weighted by atomic mass is 9.97. The number of fused-ring (bicyclic) bond motifs is 1. The van der Waals surface area contributed by atoms with Crippen molar-refractivity contribution in [2.45, 2.75) is 31.7 Å². The van der Waals surface area contributed by atoms with Crippen LogP contribution in [0.5, 0.6) is 5.75 Å². The third-order valence-electron chi connectivity index (χ3n) is 3.43. The van der Waals surface area contributed by atoms with Crippen LogP contribution in [0, 0.1) is 5.82 Å². The van der Waals surface area contributed by atoms with E-state index in [0.29, 0.717) is 0 Å². The quantitative estimate of drug-likeness (QED) is 0.787. The molecule has 0 saturated carbocycles. The second-order valence-corrected chi connectivity index (χ2v) is 4.58. The smallest absolute Gasteiger partial charge is 0.127 e. The summed E-state index contributed by atoms with van der Waals surface area (Å²) in [5.74, 6) is 0.806. The number of ether oxygens (including phenoxy) is 1. The Kier molecular flexibility index (Phi) is 2.56. The lowest BCUT2D eigenvalue weighted by molar-refractivity contribution is 0.281. The summed E-state index contributed by atoms with van der Waals surface area (Å²) in [5, 5.41) is 3.40. The second kappa shape index (κ2) is 4.06. The maximum absolute atomic E-state index is 13.5. The van der Waals surface area contributed by atoms with E-state index >= 15 is 0 Å². The molecule has 2 aliphatic rings. The minimum absolute atomic E-state index is 0.132. The Hall–Kier alpha value is -1.09. The molecule has 0 unspecified atom stereocenters. The average Bonchev–Trinajstić information content (AvgIpc) is 2.81. The molecule has 0 radical (unpaired) electrons. The highest BCUT2D eigenvalue weighted by Gasteiger charge is 2.24. The molecule has 0 aliphatic carbocycles. The number of aryl methyl sites for hydroxylation is 1. The van der Waals surface area contributed by atoms with Crippen molar-refractivity contribution in [3.63, 3.8) is 0 Å². The minimum Gasteiger partial charge on any atom is -0.493 e. The van der Waals surface area contributed by atoms with Gasteiger partial charge in [-0.25, -0.2) is 4.39 Å². The van der Waals surface area contributed by atoms with Gasteiger partial charge in [0.05, 0.1) is 6.61 Å². The minimum atomic E-state index is -0.132. The van der Waals surface area contributed by atoms with Crippen LogP contribution in [0.3, 0.4) is 0 Å². The highest BCUT2D eigenvalue weighted by Crippen LogP contribution is 2.36. The largest absolute Gasteiger partial charge is 0.493 e. The van der Waals surface area contributed by atoms with Crippen LogP contribution in [0.2, 0.25) is 0 Å². The number of nitrogens with one attached hydrogen (secondary N) is 1. The van der Waals surface area contributed by atoms with Gasteiger partial charge in [-0.15, -0.1) is 0 Å². The molecule has 1 aromatic rings. The van der Waals surface area contributed by atoms with Crippen molar-refractivity contribution in [2.24, 2.45) is 0 Å². The van der Waals surface area contributed by atoms with Crippen molar-refractivity contribution in [2.75, 3.05) is 13.2 Å². The Bertz CT molecular complexity index is 399. The summed E-state index contributed by atoms with van der Waals surface area (Å²) in [5.41, 5.74) is 2.06. The van der Waals surface area contributed by atoms with Gasteiger partial charge in [0.1, 0.15) is 11.6 Å². The first-order chi connectivity index (χ1) is 7.84. The van der Waals surface area contributed by atoms with Gasteiger partial charge >= 0.3 is 0 Å². The van der Waals surface area contributed by atoms with E-state index in [1.807, 2.05) is 0 Å². The lowest BCUT2D eigenvalue weighted by Crippen LogP contribution is -2.18. The molecule has 2 aliphatic heterocycles. The summed E-state index contributed by atoms with van der Waals surface area (Å²) in [6.45, 7) is 1.79. The molecule has 86 valence electrons. The SMILES string of the molecule is Fc1cc2c(c([C@@H]3CCCN3)c1)OCCC2. The first-order valence-electron chi connectivity index (χ1n) is 6.03. The highest BCUT2D eigenvalue weighted by atomic mass is 19.1. The molecule has 2 nitrogen and oxygen atoms in total. The molecule has 0 spiro atoms. The van der Waals surface area contributed by atoms with E-state index in [9.17, 15) is 4.39 Å². The third-order valence-corrected chi connectivity index (χ3v) is 3.43. The Morgan fingerprint density at radius 2 is 2.25 bits per heavy atom. The monoisotopic (exact) mass is 221 g/mol. The molecule has 3 rings (SSSR count). The summed E-state index contributed by atoms with van der Waals surface area (Å²) in [7, 11) is 0. The molecule has 0 bridgehead atoms. The van der Waals surface area contributed by atoms with Gasteiger partial charge in [-0.05, 0) is 49.9 Å². The van der Waals surface area contributed by atoms with E-state index < -0.39 is 0 Å². The molecule has 2 heterocycles. The zero-order valence-corrected chi connectivity index (χ0v) is 9.26. The van der Waals surface area contributed by atoms with E-state index in [4.69, 9.17) is 4.74 Å². The zero-order valence-electron chi connectivity index (χ0n) is 9.26. The Morgan fingerprint density at radius 1 is 1.31 bits per heavy atom. The normalized spacial score (nSPS) is 23.9. The summed E-state index contributed by atoms with van der Waals surface area (Å²) in [4.78, 5) is 0. The first kappa shape index (κ1) is 10.1. The number of benzene rings is 1. The predicted octanol–water partition coefficient (Wildman–Crippen LogP) is 2.58. The van der Waals surface area contributed by atoms with Crippen molar-refractivity contribution in [1.29, 1.82) is 0 Å². The van der Waals surface area contributed by atoms with Crippen LogP contribution in [0.15, 0.2) is 12.1 Å². The van der Waals surface area contributed by atoms with E-state index in [0.717, 1.165) is 55.7 Å². The number of hydrogen-bond acceptors (Lipinski definition) is 2.